The second kappa shape index (κ2) is 8.51. The Hall–Kier alpha value is -3.25. The number of aryl methyl sites for hydroxylation is 2. The zero-order chi connectivity index (χ0) is 24.0. The van der Waals surface area contributed by atoms with Crippen LogP contribution in [0.3, 0.4) is 0 Å². The van der Waals surface area contributed by atoms with Crippen LogP contribution in [-0.4, -0.2) is 61.8 Å². The molecule has 1 saturated heterocycles. The maximum atomic E-state index is 13.0. The minimum absolute atomic E-state index is 0.00451. The summed E-state index contributed by atoms with van der Waals surface area (Å²) in [6.07, 6.45) is -4.44. The number of rotatable bonds is 4. The molecule has 34 heavy (non-hydrogen) atoms. The lowest BCUT2D eigenvalue weighted by Crippen LogP contribution is -2.48. The summed E-state index contributed by atoms with van der Waals surface area (Å²) in [5.41, 5.74) is 0.387. The fourth-order valence-corrected chi connectivity index (χ4v) is 5.13. The molecule has 0 bridgehead atoms. The van der Waals surface area contributed by atoms with Crippen LogP contribution in [-0.2, 0) is 19.8 Å². The van der Waals surface area contributed by atoms with Crippen LogP contribution in [0.5, 0.6) is 0 Å². The summed E-state index contributed by atoms with van der Waals surface area (Å²) in [6.45, 7) is 4.65. The van der Waals surface area contributed by atoms with Crippen LogP contribution in [0.15, 0.2) is 34.9 Å². The molecule has 1 aromatic carbocycles. The lowest BCUT2D eigenvalue weighted by molar-refractivity contribution is -0.137. The highest BCUT2D eigenvalue weighted by Gasteiger charge is 2.31. The first kappa shape index (κ1) is 22.5. The number of hydrogen-bond acceptors (Lipinski definition) is 7. The van der Waals surface area contributed by atoms with Gasteiger partial charge in [-0.25, -0.2) is 0 Å². The highest BCUT2D eigenvalue weighted by atomic mass is 32.1. The maximum Gasteiger partial charge on any atom is 0.416 e. The van der Waals surface area contributed by atoms with Gasteiger partial charge in [-0.05, 0) is 25.1 Å². The fraction of sp³-hybridized carbons (Fsp3) is 0.364. The smallest absolute Gasteiger partial charge is 0.338 e. The van der Waals surface area contributed by atoms with Crippen LogP contribution in [0.4, 0.5) is 13.2 Å². The van der Waals surface area contributed by atoms with Gasteiger partial charge in [0, 0.05) is 44.2 Å². The second-order valence-electron chi connectivity index (χ2n) is 8.20. The highest BCUT2D eigenvalue weighted by Crippen LogP contribution is 2.32. The Morgan fingerprint density at radius 3 is 2.65 bits per heavy atom. The Bertz CT molecular complexity index is 1320. The van der Waals surface area contributed by atoms with E-state index in [-0.39, 0.29) is 17.3 Å². The monoisotopic (exact) mass is 490 g/mol. The molecular formula is C22H21F3N6O2S. The van der Waals surface area contributed by atoms with Crippen molar-refractivity contribution in [3.05, 3.63) is 52.4 Å². The molecule has 4 aromatic rings. The number of benzene rings is 1. The number of amides is 1. The van der Waals surface area contributed by atoms with Gasteiger partial charge in [0.05, 0.1) is 22.7 Å². The molecular weight excluding hydrogens is 469 g/mol. The van der Waals surface area contributed by atoms with Crippen molar-refractivity contribution in [2.45, 2.75) is 19.6 Å². The summed E-state index contributed by atoms with van der Waals surface area (Å²) < 4.78 is 46.0. The largest absolute Gasteiger partial charge is 0.416 e. The highest BCUT2D eigenvalue weighted by molar-refractivity contribution is 7.20. The maximum absolute atomic E-state index is 13.0. The Balaban J connectivity index is 1.20. The van der Waals surface area contributed by atoms with E-state index >= 15 is 0 Å². The van der Waals surface area contributed by atoms with Gasteiger partial charge in [0.2, 0.25) is 11.7 Å². The number of halogens is 3. The van der Waals surface area contributed by atoms with Crippen LogP contribution in [0, 0.1) is 6.92 Å². The Labute approximate surface area is 196 Å². The van der Waals surface area contributed by atoms with Crippen molar-refractivity contribution in [1.29, 1.82) is 0 Å². The van der Waals surface area contributed by atoms with Crippen molar-refractivity contribution in [3.63, 3.8) is 0 Å². The van der Waals surface area contributed by atoms with Gasteiger partial charge in [-0.1, -0.05) is 17.3 Å². The molecule has 8 nitrogen and oxygen atoms in total. The summed E-state index contributed by atoms with van der Waals surface area (Å²) >= 11 is 1.44. The molecule has 0 spiro atoms. The van der Waals surface area contributed by atoms with Crippen molar-refractivity contribution in [3.8, 4) is 11.4 Å². The van der Waals surface area contributed by atoms with Gasteiger partial charge in [-0.15, -0.1) is 11.3 Å². The normalized spacial score (nSPS) is 15.4. The van der Waals surface area contributed by atoms with Gasteiger partial charge < -0.3 is 9.42 Å². The molecule has 0 saturated carbocycles. The van der Waals surface area contributed by atoms with Crippen LogP contribution in [0.2, 0.25) is 0 Å². The van der Waals surface area contributed by atoms with Crippen LogP contribution in [0.25, 0.3) is 21.6 Å². The van der Waals surface area contributed by atoms with Crippen LogP contribution < -0.4 is 0 Å². The molecule has 178 valence electrons. The number of hydrogen-bond donors (Lipinski definition) is 0. The molecule has 0 unspecified atom stereocenters. The molecule has 0 aliphatic carbocycles. The van der Waals surface area contributed by atoms with E-state index in [1.165, 1.54) is 23.5 Å². The zero-order valence-corrected chi connectivity index (χ0v) is 19.3. The molecule has 5 rings (SSSR count). The van der Waals surface area contributed by atoms with E-state index in [9.17, 15) is 18.0 Å². The fourth-order valence-electron chi connectivity index (χ4n) is 4.04. The zero-order valence-electron chi connectivity index (χ0n) is 18.5. The summed E-state index contributed by atoms with van der Waals surface area (Å²) in [5, 5.41) is 9.21. The van der Waals surface area contributed by atoms with Crippen LogP contribution in [0.1, 0.15) is 26.8 Å². The molecule has 1 aliphatic rings. The SMILES string of the molecule is Cc1nn(C)c2sc(C(=O)N3CCN(Cc4nc(-c5cccc(C(F)(F)F)c5)no4)CC3)cc12. The molecule has 1 fully saturated rings. The first-order valence-corrected chi connectivity index (χ1v) is 11.5. The van der Waals surface area contributed by atoms with Gasteiger partial charge >= 0.3 is 6.18 Å². The third kappa shape index (κ3) is 4.30. The van der Waals surface area contributed by atoms with E-state index in [4.69, 9.17) is 4.52 Å². The minimum Gasteiger partial charge on any atom is -0.338 e. The quantitative estimate of drug-likeness (QED) is 0.431. The molecule has 1 aliphatic heterocycles. The number of carbonyl (C=O) groups is 1. The molecule has 3 aromatic heterocycles. The predicted molar refractivity (Wildman–Crippen MR) is 119 cm³/mol. The van der Waals surface area contributed by atoms with Gasteiger partial charge in [-0.2, -0.15) is 23.3 Å². The lowest BCUT2D eigenvalue weighted by atomic mass is 10.1. The molecule has 0 atom stereocenters. The number of nitrogens with zero attached hydrogens (tertiary/aromatic N) is 6. The van der Waals surface area contributed by atoms with Crippen molar-refractivity contribution in [2.24, 2.45) is 7.05 Å². The van der Waals surface area contributed by atoms with E-state index in [0.717, 1.165) is 28.0 Å². The van der Waals surface area contributed by atoms with E-state index in [0.29, 0.717) is 43.5 Å². The molecule has 1 amide bonds. The minimum atomic E-state index is -4.44. The topological polar surface area (TPSA) is 80.3 Å². The summed E-state index contributed by atoms with van der Waals surface area (Å²) in [5.74, 6) is 0.439. The number of piperazine rings is 1. The number of fused-ring (bicyclic) bond motifs is 1. The van der Waals surface area contributed by atoms with Crippen molar-refractivity contribution in [1.82, 2.24) is 29.7 Å². The lowest BCUT2D eigenvalue weighted by Gasteiger charge is -2.33. The second-order valence-corrected chi connectivity index (χ2v) is 9.23. The molecule has 0 N–H and O–H groups in total. The Morgan fingerprint density at radius 1 is 1.18 bits per heavy atom. The van der Waals surface area contributed by atoms with E-state index in [1.807, 2.05) is 24.9 Å². The standard InChI is InChI=1S/C22H21F3N6O2S/c1-13-16-11-17(34-21(16)29(2)27-13)20(32)31-8-6-30(7-9-31)12-18-26-19(28-33-18)14-4-3-5-15(10-14)22(23,24)25/h3-5,10-11H,6-9,12H2,1-2H3. The Morgan fingerprint density at radius 2 is 1.94 bits per heavy atom. The predicted octanol–water partition coefficient (Wildman–Crippen LogP) is 3.97. The van der Waals surface area contributed by atoms with E-state index < -0.39 is 11.7 Å². The van der Waals surface area contributed by atoms with Crippen molar-refractivity contribution in [2.75, 3.05) is 26.2 Å². The third-order valence-corrected chi connectivity index (χ3v) is 7.03. The van der Waals surface area contributed by atoms with Crippen molar-refractivity contribution >= 4 is 27.5 Å². The summed E-state index contributed by atoms with van der Waals surface area (Å²) in [6, 6.07) is 6.75. The van der Waals surface area contributed by atoms with Crippen LogP contribution >= 0.6 is 11.3 Å². The van der Waals surface area contributed by atoms with Gasteiger partial charge in [-0.3, -0.25) is 14.4 Å². The van der Waals surface area contributed by atoms with Crippen molar-refractivity contribution < 1.29 is 22.5 Å². The molecule has 12 heteroatoms. The van der Waals surface area contributed by atoms with Gasteiger partial charge in [0.1, 0.15) is 4.83 Å². The molecule has 4 heterocycles. The average Bonchev–Trinajstić information content (AvgIpc) is 3.51. The van der Waals surface area contributed by atoms with E-state index in [1.54, 1.807) is 4.68 Å². The third-order valence-electron chi connectivity index (χ3n) is 5.84. The average molecular weight is 491 g/mol. The van der Waals surface area contributed by atoms with Gasteiger partial charge in [0.15, 0.2) is 0 Å². The number of carbonyl (C=O) groups excluding carboxylic acids is 1. The summed E-state index contributed by atoms with van der Waals surface area (Å²) in [7, 11) is 1.87. The number of thiophene rings is 1. The number of aromatic nitrogens is 4. The first-order valence-electron chi connectivity index (χ1n) is 10.6. The first-order chi connectivity index (χ1) is 16.2. The van der Waals surface area contributed by atoms with E-state index in [2.05, 4.69) is 20.1 Å². The van der Waals surface area contributed by atoms with Gasteiger partial charge in [0.25, 0.3) is 5.91 Å². The summed E-state index contributed by atoms with van der Waals surface area (Å²) in [4.78, 5) is 22.8. The molecule has 0 radical (unpaired) electrons. The Kier molecular flexibility index (Phi) is 5.64. The number of alkyl halides is 3.